The van der Waals surface area contributed by atoms with Crippen molar-refractivity contribution in [3.8, 4) is 5.75 Å². The molecule has 0 aliphatic carbocycles. The van der Waals surface area contributed by atoms with E-state index in [1.54, 1.807) is 67.8 Å². The number of nitrogens with two attached hydrogens (primary N) is 1. The van der Waals surface area contributed by atoms with Crippen LogP contribution in [-0.4, -0.2) is 103 Å². The van der Waals surface area contributed by atoms with Crippen LogP contribution in [0.2, 0.25) is 0 Å². The van der Waals surface area contributed by atoms with Crippen molar-refractivity contribution in [3.05, 3.63) is 54.5 Å². The molecule has 18 heteroatoms. The van der Waals surface area contributed by atoms with Crippen molar-refractivity contribution in [2.45, 2.75) is 63.8 Å². The number of fused-ring (bicyclic) bond motifs is 1. The molecule has 3 saturated heterocycles. The Morgan fingerprint density at radius 3 is 2.51 bits per heavy atom. The summed E-state index contributed by atoms with van der Waals surface area (Å²) in [6.45, 7) is 7.96. The lowest BCUT2D eigenvalue weighted by Gasteiger charge is -2.34. The van der Waals surface area contributed by atoms with Crippen LogP contribution in [0.5, 0.6) is 5.75 Å². The summed E-state index contributed by atoms with van der Waals surface area (Å²) in [7, 11) is -4.34. The van der Waals surface area contributed by atoms with Crippen molar-refractivity contribution in [3.63, 3.8) is 0 Å². The third kappa shape index (κ3) is 8.69. The number of benzene rings is 1. The Morgan fingerprint density at radius 1 is 1.10 bits per heavy atom. The van der Waals surface area contributed by atoms with Gasteiger partial charge in [-0.3, -0.25) is 14.1 Å². The van der Waals surface area contributed by atoms with Crippen LogP contribution in [0, 0.1) is 11.8 Å². The Balaban J connectivity index is 1.31. The van der Waals surface area contributed by atoms with E-state index in [1.807, 2.05) is 0 Å². The molecule has 17 nitrogen and oxygen atoms in total. The monoisotopic (exact) mass is 733 g/mol. The summed E-state index contributed by atoms with van der Waals surface area (Å²) in [5.74, 6) is -0.938. The molecule has 2 aromatic heterocycles. The second-order valence-electron chi connectivity index (χ2n) is 13.2. The molecular weight excluding hydrogens is 689 g/mol. The zero-order chi connectivity index (χ0) is 36.2. The van der Waals surface area contributed by atoms with Gasteiger partial charge in [0.25, 0.3) is 0 Å². The van der Waals surface area contributed by atoms with Crippen molar-refractivity contribution in [2.75, 3.05) is 52.2 Å². The molecule has 0 amide bonds. The van der Waals surface area contributed by atoms with Crippen LogP contribution in [0.4, 0.5) is 5.82 Å². The third-order valence-corrected chi connectivity index (χ3v) is 10.2. The molecule has 0 radical (unpaired) electrons. The number of esters is 2. The molecule has 0 unspecified atom stereocenters. The molecule has 0 spiro atoms. The summed E-state index contributed by atoms with van der Waals surface area (Å²) in [5.41, 5.74) is 5.66. The first kappa shape index (κ1) is 37.1. The van der Waals surface area contributed by atoms with E-state index in [0.29, 0.717) is 31.0 Å². The molecule has 3 aromatic rings. The molecule has 1 aromatic carbocycles. The van der Waals surface area contributed by atoms with E-state index in [9.17, 15) is 14.2 Å². The second kappa shape index (κ2) is 15.9. The average molecular weight is 734 g/mol. The largest absolute Gasteiger partial charge is 0.462 e. The lowest BCUT2D eigenvalue weighted by Crippen LogP contribution is -2.49. The second-order valence-corrected chi connectivity index (χ2v) is 14.9. The molecule has 3 aliphatic heterocycles. The van der Waals surface area contributed by atoms with E-state index >= 15 is 0 Å². The lowest BCUT2D eigenvalue weighted by molar-refractivity contribution is -0.191. The van der Waals surface area contributed by atoms with Gasteiger partial charge in [0.15, 0.2) is 11.9 Å². The summed E-state index contributed by atoms with van der Waals surface area (Å²) < 4.78 is 68.8. The number of nitrogen functional groups attached to an aromatic ring is 1. The van der Waals surface area contributed by atoms with Gasteiger partial charge in [0, 0.05) is 5.92 Å². The van der Waals surface area contributed by atoms with Crippen LogP contribution in [0.15, 0.2) is 48.8 Å². The normalized spacial score (nSPS) is 25.5. The molecule has 6 rings (SSSR count). The fourth-order valence-electron chi connectivity index (χ4n) is 5.73. The van der Waals surface area contributed by atoms with E-state index in [4.69, 9.17) is 47.9 Å². The van der Waals surface area contributed by atoms with E-state index in [2.05, 4.69) is 15.2 Å². The number of nitrogens with zero attached hydrogens (tertiary/aromatic N) is 3. The van der Waals surface area contributed by atoms with Crippen molar-refractivity contribution < 1.29 is 56.4 Å². The number of ether oxygens (including phenoxy) is 7. The Morgan fingerprint density at radius 2 is 1.84 bits per heavy atom. The number of anilines is 1. The summed E-state index contributed by atoms with van der Waals surface area (Å²) in [4.78, 5) is 30.2. The van der Waals surface area contributed by atoms with Crippen LogP contribution in [0.3, 0.4) is 0 Å². The maximum Gasteiger partial charge on any atom is 0.459 e. The Hall–Kier alpha value is -3.67. The van der Waals surface area contributed by atoms with Gasteiger partial charge in [-0.25, -0.2) is 14.1 Å². The van der Waals surface area contributed by atoms with Crippen LogP contribution >= 0.6 is 7.75 Å². The summed E-state index contributed by atoms with van der Waals surface area (Å²) >= 11 is 0. The van der Waals surface area contributed by atoms with Gasteiger partial charge in [-0.15, -0.1) is 0 Å². The first-order valence-electron chi connectivity index (χ1n) is 16.7. The van der Waals surface area contributed by atoms with Gasteiger partial charge in [0.05, 0.1) is 51.4 Å². The number of hydrogen-bond acceptors (Lipinski definition) is 15. The molecule has 6 atom stereocenters. The van der Waals surface area contributed by atoms with E-state index in [1.165, 1.54) is 13.3 Å². The van der Waals surface area contributed by atoms with Gasteiger partial charge in [0.1, 0.15) is 54.2 Å². The van der Waals surface area contributed by atoms with E-state index in [0.717, 1.165) is 0 Å². The van der Waals surface area contributed by atoms with Gasteiger partial charge in [-0.2, -0.15) is 10.2 Å². The lowest BCUT2D eigenvalue weighted by atomic mass is 9.96. The minimum absolute atomic E-state index is 0.189. The Labute approximate surface area is 294 Å². The van der Waals surface area contributed by atoms with Crippen molar-refractivity contribution in [1.29, 1.82) is 0 Å². The SMILES string of the molecule is CC(C)OC(=O)[C@H](C)N[P@](=O)(OC[C@@]1(C)O[C@@H](c2ccc3c(N)ncnn23)[C@H](OC(=O)C2COC2)[C@@H]1OCOCC1COC1)Oc1ccccc1. The summed E-state index contributed by atoms with van der Waals surface area (Å²) in [6, 6.07) is 10.7. The molecule has 0 bridgehead atoms. The number of carbonyl (C=O) groups excluding carboxylic acids is 2. The number of rotatable bonds is 17. The van der Waals surface area contributed by atoms with Crippen molar-refractivity contribution in [1.82, 2.24) is 19.7 Å². The van der Waals surface area contributed by atoms with Crippen molar-refractivity contribution >= 4 is 31.0 Å². The molecule has 51 heavy (non-hydrogen) atoms. The summed E-state index contributed by atoms with van der Waals surface area (Å²) in [6.07, 6.45) is -2.19. The molecule has 3 aliphatic rings. The highest BCUT2D eigenvalue weighted by molar-refractivity contribution is 7.52. The minimum Gasteiger partial charge on any atom is -0.462 e. The maximum absolute atomic E-state index is 14.5. The summed E-state index contributed by atoms with van der Waals surface area (Å²) in [5, 5.41) is 7.06. The minimum atomic E-state index is -4.34. The zero-order valence-electron chi connectivity index (χ0n) is 28.9. The fourth-order valence-corrected chi connectivity index (χ4v) is 7.31. The number of nitrogens with one attached hydrogen (secondary N) is 1. The number of aromatic nitrogens is 3. The highest BCUT2D eigenvalue weighted by atomic mass is 31.2. The molecule has 3 fully saturated rings. The quantitative estimate of drug-likeness (QED) is 0.0887. The highest BCUT2D eigenvalue weighted by Crippen LogP contribution is 2.50. The molecule has 0 saturated carbocycles. The molecule has 5 heterocycles. The van der Waals surface area contributed by atoms with E-state index in [-0.39, 0.29) is 37.5 Å². The number of carbonyl (C=O) groups is 2. The molecular formula is C33H44N5O12P. The molecule has 278 valence electrons. The fraction of sp³-hybridized carbons (Fsp3) is 0.576. The van der Waals surface area contributed by atoms with Gasteiger partial charge >= 0.3 is 19.7 Å². The number of para-hydroxylation sites is 1. The van der Waals surface area contributed by atoms with E-state index < -0.39 is 68.3 Å². The smallest absolute Gasteiger partial charge is 0.459 e. The van der Waals surface area contributed by atoms with Gasteiger partial charge in [-0.05, 0) is 52.0 Å². The van der Waals surface area contributed by atoms with Crippen LogP contribution in [-0.2, 0) is 51.8 Å². The van der Waals surface area contributed by atoms with Crippen LogP contribution in [0.25, 0.3) is 5.52 Å². The van der Waals surface area contributed by atoms with Gasteiger partial charge < -0.3 is 43.4 Å². The first-order chi connectivity index (χ1) is 24.4. The predicted molar refractivity (Wildman–Crippen MR) is 178 cm³/mol. The predicted octanol–water partition coefficient (Wildman–Crippen LogP) is 2.84. The van der Waals surface area contributed by atoms with Crippen molar-refractivity contribution in [2.24, 2.45) is 11.8 Å². The Kier molecular flexibility index (Phi) is 11.6. The number of hydrogen-bond donors (Lipinski definition) is 2. The Bertz CT molecular complexity index is 1700. The third-order valence-electron chi connectivity index (χ3n) is 8.56. The van der Waals surface area contributed by atoms with Crippen LogP contribution < -0.4 is 15.3 Å². The maximum atomic E-state index is 14.5. The van der Waals surface area contributed by atoms with Gasteiger partial charge in [-0.1, -0.05) is 18.2 Å². The van der Waals surface area contributed by atoms with Crippen LogP contribution in [0.1, 0.15) is 39.5 Å². The average Bonchev–Trinajstić information content (AvgIpc) is 3.58. The van der Waals surface area contributed by atoms with Gasteiger partial charge in [0.2, 0.25) is 0 Å². The zero-order valence-corrected chi connectivity index (χ0v) is 29.8. The first-order valence-corrected chi connectivity index (χ1v) is 18.3. The topological polar surface area (TPSA) is 203 Å². The standard InChI is InChI=1S/C33H44N5O12P/c1-20(2)47-31(39)21(3)37-51(41,50-24-8-6-5-7-9-24)46-17-33(4)29(45-19-44-14-22-12-42-13-22)28(48-32(40)23-15-43-16-23)27(49-33)25-10-11-26-30(34)35-18-36-38(25)26/h5-11,18,20-23,27-29H,12-17,19H2,1-4H3,(H,37,41)(H2,34,35,36)/t21-,27-,28-,29-,33+,51-/m0/s1. The highest BCUT2D eigenvalue weighted by Gasteiger charge is 2.58. The molecule has 3 N–H and O–H groups in total.